The highest BCUT2D eigenvalue weighted by molar-refractivity contribution is 5.64. The minimum atomic E-state index is -0.441. The first-order chi connectivity index (χ1) is 15.6. The summed E-state index contributed by atoms with van der Waals surface area (Å²) < 4.78 is 25.9. The molecular weight excluding hydrogens is 411 g/mol. The van der Waals surface area contributed by atoms with Gasteiger partial charge in [0.25, 0.3) is 0 Å². The summed E-state index contributed by atoms with van der Waals surface area (Å²) in [5.41, 5.74) is 3.85. The molecular formula is C23H29FN6O2. The second-order valence-corrected chi connectivity index (χ2v) is 8.23. The van der Waals surface area contributed by atoms with Crippen molar-refractivity contribution in [2.24, 2.45) is 0 Å². The smallest absolute Gasteiger partial charge is 0.246 e. The molecule has 2 aliphatic heterocycles. The van der Waals surface area contributed by atoms with E-state index in [-0.39, 0.29) is 7.18 Å². The number of methoxy groups -OCH3 is 1. The van der Waals surface area contributed by atoms with Crippen LogP contribution in [-0.4, -0.2) is 72.2 Å². The first-order valence-corrected chi connectivity index (χ1v) is 10.8. The fourth-order valence-corrected chi connectivity index (χ4v) is 4.17. The Hall–Kier alpha value is -3.17. The van der Waals surface area contributed by atoms with E-state index in [1.54, 1.807) is 18.5 Å². The summed E-state index contributed by atoms with van der Waals surface area (Å²) in [5, 5.41) is 7.73. The summed E-state index contributed by atoms with van der Waals surface area (Å²) >= 11 is 0. The Morgan fingerprint density at radius 2 is 1.91 bits per heavy atom. The van der Waals surface area contributed by atoms with E-state index in [1.165, 1.54) is 23.5 Å². The number of piperazine rings is 1. The highest BCUT2D eigenvalue weighted by Crippen LogP contribution is 2.26. The minimum Gasteiger partial charge on any atom is -0.494 e. The van der Waals surface area contributed by atoms with Crippen molar-refractivity contribution >= 4 is 17.3 Å². The fourth-order valence-electron chi connectivity index (χ4n) is 4.17. The Bertz CT molecular complexity index is 1100. The molecule has 0 atom stereocenters. The average Bonchev–Trinajstić information content (AvgIpc) is 3.21. The summed E-state index contributed by atoms with van der Waals surface area (Å²) in [6.45, 7) is 7.90. The van der Waals surface area contributed by atoms with Crippen LogP contribution < -0.4 is 15.0 Å². The first kappa shape index (κ1) is 20.7. The third-order valence-corrected chi connectivity index (χ3v) is 6.03. The molecule has 2 aromatic carbocycles. The van der Waals surface area contributed by atoms with E-state index in [0.717, 1.165) is 50.6 Å². The van der Waals surface area contributed by atoms with Gasteiger partial charge in [0, 0.05) is 45.0 Å². The number of halogens is 1. The molecule has 2 aliphatic rings. The molecule has 170 valence electrons. The number of aromatic nitrogens is 3. The van der Waals surface area contributed by atoms with Gasteiger partial charge in [-0.05, 0) is 42.8 Å². The van der Waals surface area contributed by atoms with Crippen molar-refractivity contribution < 1.29 is 15.3 Å². The Morgan fingerprint density at radius 1 is 1.09 bits per heavy atom. The quantitative estimate of drug-likeness (QED) is 0.631. The van der Waals surface area contributed by atoms with Crippen LogP contribution in [0.1, 0.15) is 6.99 Å². The van der Waals surface area contributed by atoms with Crippen molar-refractivity contribution in [2.75, 3.05) is 56.7 Å². The van der Waals surface area contributed by atoms with Crippen LogP contribution >= 0.6 is 0 Å². The highest BCUT2D eigenvalue weighted by atomic mass is 19.1. The summed E-state index contributed by atoms with van der Waals surface area (Å²) in [4.78, 5) is 9.27. The zero-order chi connectivity index (χ0) is 22.1. The zero-order valence-corrected chi connectivity index (χ0v) is 18.3. The van der Waals surface area contributed by atoms with Gasteiger partial charge in [0.15, 0.2) is 11.6 Å². The van der Waals surface area contributed by atoms with E-state index < -0.39 is 5.82 Å². The number of benzene rings is 2. The van der Waals surface area contributed by atoms with Crippen LogP contribution in [0.2, 0.25) is 0 Å². The van der Waals surface area contributed by atoms with Gasteiger partial charge in [0.2, 0.25) is 5.95 Å². The van der Waals surface area contributed by atoms with E-state index in [2.05, 4.69) is 50.3 Å². The number of hydrogen-bond donors (Lipinski definition) is 1. The van der Waals surface area contributed by atoms with Gasteiger partial charge in [-0.3, -0.25) is 4.90 Å². The van der Waals surface area contributed by atoms with Crippen LogP contribution in [0.5, 0.6) is 5.75 Å². The maximum Gasteiger partial charge on any atom is 0.246 e. The van der Waals surface area contributed by atoms with Crippen LogP contribution in [0.3, 0.4) is 0 Å². The molecule has 0 unspecified atom stereocenters. The summed E-state index contributed by atoms with van der Waals surface area (Å²) in [5.74, 6) is 0.206. The summed E-state index contributed by atoms with van der Waals surface area (Å²) in [6, 6.07) is 11.7. The van der Waals surface area contributed by atoms with Crippen LogP contribution in [0.15, 0.2) is 42.7 Å². The Morgan fingerprint density at radius 3 is 2.59 bits per heavy atom. The molecule has 0 saturated carbocycles. The monoisotopic (exact) mass is 440 g/mol. The standard InChI is InChI=1S/C23H27FN6O2.H2/c1-16-9-17(11-19(10-16)28-5-7-29(8-6-28)20-13-32-14-20)26-23-25-15-30(27-23)18-3-4-22(31-2)21(24)12-18;/h3-4,9-12,15,20H,5-8,13-14H2,1-2H3,(H,26,27);1H. The van der Waals surface area contributed by atoms with Gasteiger partial charge in [0.05, 0.1) is 32.1 Å². The lowest BCUT2D eigenvalue weighted by atomic mass is 10.1. The predicted molar refractivity (Wildman–Crippen MR) is 123 cm³/mol. The fraction of sp³-hybridized carbons (Fsp3) is 0.391. The lowest BCUT2D eigenvalue weighted by Crippen LogP contribution is -2.56. The lowest BCUT2D eigenvalue weighted by Gasteiger charge is -2.43. The van der Waals surface area contributed by atoms with Gasteiger partial charge in [-0.25, -0.2) is 9.07 Å². The normalized spacial score (nSPS) is 17.3. The van der Waals surface area contributed by atoms with Gasteiger partial charge in [-0.15, -0.1) is 5.10 Å². The van der Waals surface area contributed by atoms with Gasteiger partial charge in [-0.1, -0.05) is 0 Å². The number of nitrogens with one attached hydrogen (secondary N) is 1. The van der Waals surface area contributed by atoms with Crippen LogP contribution in [0, 0.1) is 12.7 Å². The molecule has 0 bridgehead atoms. The summed E-state index contributed by atoms with van der Waals surface area (Å²) in [6.07, 6.45) is 1.56. The minimum absolute atomic E-state index is 0. The molecule has 0 radical (unpaired) electrons. The molecule has 0 spiro atoms. The number of anilines is 3. The molecule has 0 amide bonds. The van der Waals surface area contributed by atoms with E-state index in [0.29, 0.717) is 17.7 Å². The summed E-state index contributed by atoms with van der Waals surface area (Å²) in [7, 11) is 1.44. The van der Waals surface area contributed by atoms with E-state index in [9.17, 15) is 4.39 Å². The predicted octanol–water partition coefficient (Wildman–Crippen LogP) is 3.23. The van der Waals surface area contributed by atoms with Crippen LogP contribution in [0.4, 0.5) is 21.7 Å². The van der Waals surface area contributed by atoms with Crippen molar-refractivity contribution in [1.29, 1.82) is 0 Å². The van der Waals surface area contributed by atoms with E-state index in [4.69, 9.17) is 9.47 Å². The molecule has 2 fully saturated rings. The van der Waals surface area contributed by atoms with Crippen molar-refractivity contribution in [3.05, 3.63) is 54.1 Å². The Kier molecular flexibility index (Phi) is 5.67. The molecule has 2 saturated heterocycles. The molecule has 8 nitrogen and oxygen atoms in total. The second kappa shape index (κ2) is 8.76. The second-order valence-electron chi connectivity index (χ2n) is 8.23. The van der Waals surface area contributed by atoms with E-state index in [1.807, 2.05) is 0 Å². The average molecular weight is 441 g/mol. The molecule has 0 aliphatic carbocycles. The number of aryl methyl sites for hydroxylation is 1. The van der Waals surface area contributed by atoms with Crippen LogP contribution in [0.25, 0.3) is 5.69 Å². The van der Waals surface area contributed by atoms with Gasteiger partial charge in [0.1, 0.15) is 6.33 Å². The van der Waals surface area contributed by atoms with Gasteiger partial charge < -0.3 is 19.7 Å². The third-order valence-electron chi connectivity index (χ3n) is 6.03. The molecule has 3 aromatic rings. The van der Waals surface area contributed by atoms with Gasteiger partial charge in [-0.2, -0.15) is 4.98 Å². The Balaban J connectivity index is 0.00000259. The molecule has 9 heteroatoms. The maximum atomic E-state index is 14.0. The number of hydrogen-bond acceptors (Lipinski definition) is 7. The number of nitrogens with zero attached hydrogens (tertiary/aromatic N) is 5. The Labute approximate surface area is 188 Å². The largest absolute Gasteiger partial charge is 0.494 e. The molecule has 1 aromatic heterocycles. The molecule has 1 N–H and O–H groups in total. The molecule has 3 heterocycles. The van der Waals surface area contributed by atoms with Crippen molar-refractivity contribution in [3.63, 3.8) is 0 Å². The van der Waals surface area contributed by atoms with Crippen molar-refractivity contribution in [2.45, 2.75) is 13.0 Å². The SMILES string of the molecule is COc1ccc(-n2cnc(Nc3cc(C)cc(N4CCN(C5COC5)CC4)c3)n2)cc1F.[HH]. The topological polar surface area (TPSA) is 67.7 Å². The van der Waals surface area contributed by atoms with Crippen molar-refractivity contribution in [3.8, 4) is 11.4 Å². The van der Waals surface area contributed by atoms with Crippen LogP contribution in [-0.2, 0) is 4.74 Å². The van der Waals surface area contributed by atoms with E-state index >= 15 is 0 Å². The lowest BCUT2D eigenvalue weighted by molar-refractivity contribution is -0.0660. The molecule has 32 heavy (non-hydrogen) atoms. The zero-order valence-electron chi connectivity index (χ0n) is 18.3. The highest BCUT2D eigenvalue weighted by Gasteiger charge is 2.29. The number of ether oxygens (including phenoxy) is 2. The van der Waals surface area contributed by atoms with Crippen molar-refractivity contribution in [1.82, 2.24) is 19.7 Å². The number of rotatable bonds is 6. The van der Waals surface area contributed by atoms with Gasteiger partial charge >= 0.3 is 0 Å². The maximum absolute atomic E-state index is 14.0. The third kappa shape index (κ3) is 4.26. The molecule has 5 rings (SSSR count). The first-order valence-electron chi connectivity index (χ1n) is 10.8.